The molecule has 7 nitrogen and oxygen atoms in total. The first kappa shape index (κ1) is 18.3. The third kappa shape index (κ3) is 5.49. The van der Waals surface area contributed by atoms with Crippen LogP contribution in [0.2, 0.25) is 0 Å². The van der Waals surface area contributed by atoms with E-state index < -0.39 is 4.92 Å². The van der Waals surface area contributed by atoms with Crippen molar-refractivity contribution in [2.45, 2.75) is 13.5 Å². The van der Waals surface area contributed by atoms with Gasteiger partial charge in [0.15, 0.2) is 6.61 Å². The molecule has 0 atom stereocenters. The molecule has 0 heterocycles. The number of likely N-dealkylation sites (N-methyl/N-ethyl adjacent to an activating group) is 1. The van der Waals surface area contributed by atoms with E-state index in [1.165, 1.54) is 24.3 Å². The van der Waals surface area contributed by atoms with Gasteiger partial charge in [0, 0.05) is 25.7 Å². The number of nitro benzene ring substituents is 1. The highest BCUT2D eigenvalue weighted by molar-refractivity contribution is 5.77. The minimum absolute atomic E-state index is 0.0219. The summed E-state index contributed by atoms with van der Waals surface area (Å²) in [6.07, 6.45) is 0. The maximum Gasteiger partial charge on any atom is 0.269 e. The van der Waals surface area contributed by atoms with Gasteiger partial charge in [0.1, 0.15) is 11.5 Å². The first-order valence-electron chi connectivity index (χ1n) is 7.82. The minimum Gasteiger partial charge on any atom is -0.494 e. The maximum absolute atomic E-state index is 12.1. The van der Waals surface area contributed by atoms with Crippen LogP contribution < -0.4 is 9.47 Å². The van der Waals surface area contributed by atoms with Crippen LogP contribution in [0.1, 0.15) is 12.5 Å². The van der Waals surface area contributed by atoms with Crippen molar-refractivity contribution in [2.75, 3.05) is 20.3 Å². The van der Waals surface area contributed by atoms with Gasteiger partial charge >= 0.3 is 0 Å². The standard InChI is InChI=1S/C18H20N2O5/c1-3-24-16-8-4-14(5-9-16)12-19(2)18(21)13-25-17-10-6-15(7-11-17)20(22)23/h4-11H,3,12-13H2,1-2H3. The lowest BCUT2D eigenvalue weighted by molar-refractivity contribution is -0.384. The molecule has 0 aliphatic heterocycles. The van der Waals surface area contributed by atoms with E-state index in [9.17, 15) is 14.9 Å². The lowest BCUT2D eigenvalue weighted by Crippen LogP contribution is -2.30. The quantitative estimate of drug-likeness (QED) is 0.543. The largest absolute Gasteiger partial charge is 0.494 e. The van der Waals surface area contributed by atoms with Crippen molar-refractivity contribution in [3.63, 3.8) is 0 Å². The van der Waals surface area contributed by atoms with Gasteiger partial charge in [-0.3, -0.25) is 14.9 Å². The van der Waals surface area contributed by atoms with E-state index in [4.69, 9.17) is 9.47 Å². The Balaban J connectivity index is 1.84. The maximum atomic E-state index is 12.1. The third-order valence-electron chi connectivity index (χ3n) is 3.49. The molecule has 0 N–H and O–H groups in total. The van der Waals surface area contributed by atoms with Gasteiger partial charge in [0.2, 0.25) is 0 Å². The van der Waals surface area contributed by atoms with Crippen molar-refractivity contribution in [2.24, 2.45) is 0 Å². The number of nitro groups is 1. The zero-order valence-electron chi connectivity index (χ0n) is 14.2. The fourth-order valence-electron chi connectivity index (χ4n) is 2.14. The Morgan fingerprint density at radius 1 is 1.04 bits per heavy atom. The number of ether oxygens (including phenoxy) is 2. The Kier molecular flexibility index (Phi) is 6.33. The zero-order valence-corrected chi connectivity index (χ0v) is 14.2. The van der Waals surface area contributed by atoms with Crippen LogP contribution in [0.25, 0.3) is 0 Å². The molecule has 0 aliphatic rings. The number of hydrogen-bond donors (Lipinski definition) is 0. The second-order valence-corrected chi connectivity index (χ2v) is 5.37. The van der Waals surface area contributed by atoms with E-state index in [2.05, 4.69) is 0 Å². The third-order valence-corrected chi connectivity index (χ3v) is 3.49. The molecule has 2 aromatic rings. The first-order chi connectivity index (χ1) is 12.0. The lowest BCUT2D eigenvalue weighted by Gasteiger charge is -2.18. The second kappa shape index (κ2) is 8.68. The van der Waals surface area contributed by atoms with Crippen molar-refractivity contribution in [3.8, 4) is 11.5 Å². The van der Waals surface area contributed by atoms with Crippen LogP contribution in [0, 0.1) is 10.1 Å². The van der Waals surface area contributed by atoms with Crippen molar-refractivity contribution >= 4 is 11.6 Å². The van der Waals surface area contributed by atoms with E-state index in [-0.39, 0.29) is 18.2 Å². The average Bonchev–Trinajstić information content (AvgIpc) is 2.61. The lowest BCUT2D eigenvalue weighted by atomic mass is 10.2. The van der Waals surface area contributed by atoms with Crippen LogP contribution >= 0.6 is 0 Å². The molecule has 0 spiro atoms. The topological polar surface area (TPSA) is 81.9 Å². The molecule has 0 unspecified atom stereocenters. The van der Waals surface area contributed by atoms with Gasteiger partial charge in [0.25, 0.3) is 11.6 Å². The first-order valence-corrected chi connectivity index (χ1v) is 7.82. The SMILES string of the molecule is CCOc1ccc(CN(C)C(=O)COc2ccc([N+](=O)[O-])cc2)cc1. The minimum atomic E-state index is -0.487. The highest BCUT2D eigenvalue weighted by Gasteiger charge is 2.11. The highest BCUT2D eigenvalue weighted by Crippen LogP contribution is 2.17. The Morgan fingerprint density at radius 2 is 1.60 bits per heavy atom. The molecule has 0 saturated heterocycles. The molecule has 25 heavy (non-hydrogen) atoms. The Bertz CT molecular complexity index is 713. The predicted octanol–water partition coefficient (Wildman–Crippen LogP) is 3.03. The number of hydrogen-bond acceptors (Lipinski definition) is 5. The molecule has 2 aromatic carbocycles. The zero-order chi connectivity index (χ0) is 18.2. The number of carbonyl (C=O) groups is 1. The van der Waals surface area contributed by atoms with Gasteiger partial charge in [-0.15, -0.1) is 0 Å². The Labute approximate surface area is 145 Å². The van der Waals surface area contributed by atoms with Crippen molar-refractivity contribution in [1.29, 1.82) is 0 Å². The fraction of sp³-hybridized carbons (Fsp3) is 0.278. The summed E-state index contributed by atoms with van der Waals surface area (Å²) in [5.74, 6) is 1.02. The van der Waals surface area contributed by atoms with Crippen LogP contribution in [0.5, 0.6) is 11.5 Å². The summed E-state index contributed by atoms with van der Waals surface area (Å²) in [5.41, 5.74) is 0.959. The van der Waals surface area contributed by atoms with E-state index in [1.54, 1.807) is 11.9 Å². The number of nitrogens with zero attached hydrogens (tertiary/aromatic N) is 2. The van der Waals surface area contributed by atoms with E-state index in [1.807, 2.05) is 31.2 Å². The smallest absolute Gasteiger partial charge is 0.269 e. The summed E-state index contributed by atoms with van der Waals surface area (Å²) in [4.78, 5) is 23.8. The Hall–Kier alpha value is -3.09. The molecule has 132 valence electrons. The van der Waals surface area contributed by atoms with E-state index >= 15 is 0 Å². The summed E-state index contributed by atoms with van der Waals surface area (Å²) >= 11 is 0. The Morgan fingerprint density at radius 3 is 2.16 bits per heavy atom. The molecular formula is C18H20N2O5. The molecule has 7 heteroatoms. The summed E-state index contributed by atoms with van der Waals surface area (Å²) in [6.45, 7) is 2.85. The number of benzene rings is 2. The van der Waals surface area contributed by atoms with Crippen molar-refractivity contribution in [3.05, 3.63) is 64.2 Å². The van der Waals surface area contributed by atoms with Crippen molar-refractivity contribution in [1.82, 2.24) is 4.90 Å². The molecule has 0 aromatic heterocycles. The predicted molar refractivity (Wildman–Crippen MR) is 92.7 cm³/mol. The number of rotatable bonds is 8. The summed E-state index contributed by atoms with van der Waals surface area (Å²) in [6, 6.07) is 13.2. The van der Waals surface area contributed by atoms with Gasteiger partial charge in [-0.2, -0.15) is 0 Å². The van der Waals surface area contributed by atoms with Crippen molar-refractivity contribution < 1.29 is 19.2 Å². The summed E-state index contributed by atoms with van der Waals surface area (Å²) < 4.78 is 10.8. The second-order valence-electron chi connectivity index (χ2n) is 5.37. The molecule has 0 radical (unpaired) electrons. The molecule has 0 aliphatic carbocycles. The van der Waals surface area contributed by atoms with Gasteiger partial charge < -0.3 is 14.4 Å². The fourth-order valence-corrected chi connectivity index (χ4v) is 2.14. The van der Waals surface area contributed by atoms with Gasteiger partial charge in [0.05, 0.1) is 11.5 Å². The van der Waals surface area contributed by atoms with Crippen LogP contribution in [-0.2, 0) is 11.3 Å². The molecule has 0 saturated carbocycles. The number of carbonyl (C=O) groups excluding carboxylic acids is 1. The normalized spacial score (nSPS) is 10.2. The number of non-ortho nitro benzene ring substituents is 1. The van der Waals surface area contributed by atoms with Gasteiger partial charge in [-0.25, -0.2) is 0 Å². The van der Waals surface area contributed by atoms with E-state index in [0.29, 0.717) is 18.9 Å². The number of amides is 1. The monoisotopic (exact) mass is 344 g/mol. The van der Waals surface area contributed by atoms with E-state index in [0.717, 1.165) is 11.3 Å². The summed E-state index contributed by atoms with van der Waals surface area (Å²) in [7, 11) is 1.69. The van der Waals surface area contributed by atoms with Crippen LogP contribution in [-0.4, -0.2) is 36.0 Å². The molecule has 0 bridgehead atoms. The molecule has 1 amide bonds. The highest BCUT2D eigenvalue weighted by atomic mass is 16.6. The molecule has 0 fully saturated rings. The van der Waals surface area contributed by atoms with Crippen LogP contribution in [0.15, 0.2) is 48.5 Å². The summed E-state index contributed by atoms with van der Waals surface area (Å²) in [5, 5.41) is 10.6. The molecule has 2 rings (SSSR count). The average molecular weight is 344 g/mol. The molecular weight excluding hydrogens is 324 g/mol. The van der Waals surface area contributed by atoms with Crippen LogP contribution in [0.4, 0.5) is 5.69 Å². The van der Waals surface area contributed by atoms with Gasteiger partial charge in [-0.05, 0) is 36.8 Å². The van der Waals surface area contributed by atoms with Gasteiger partial charge in [-0.1, -0.05) is 12.1 Å². The van der Waals surface area contributed by atoms with Crippen LogP contribution in [0.3, 0.4) is 0 Å².